The summed E-state index contributed by atoms with van der Waals surface area (Å²) >= 11 is 0. The van der Waals surface area contributed by atoms with Crippen LogP contribution in [-0.2, 0) is 20.8 Å². The molecule has 2 amide bonds. The molecule has 1 saturated heterocycles. The second-order valence-corrected chi connectivity index (χ2v) is 7.20. The molecule has 2 aliphatic rings. The van der Waals surface area contributed by atoms with Crippen LogP contribution in [-0.4, -0.2) is 47.0 Å². The summed E-state index contributed by atoms with van der Waals surface area (Å²) in [5.74, 6) is -0.480. The van der Waals surface area contributed by atoms with E-state index < -0.39 is 6.09 Å². The van der Waals surface area contributed by atoms with Crippen LogP contribution >= 0.6 is 0 Å². The number of nitrogens with zero attached hydrogens (tertiary/aromatic N) is 2. The van der Waals surface area contributed by atoms with Gasteiger partial charge in [0.25, 0.3) is 0 Å². The van der Waals surface area contributed by atoms with E-state index in [9.17, 15) is 14.7 Å². The Kier molecular flexibility index (Phi) is 5.46. The summed E-state index contributed by atoms with van der Waals surface area (Å²) in [5.41, 5.74) is 2.64. The highest BCUT2D eigenvalue weighted by molar-refractivity contribution is 5.99. The van der Waals surface area contributed by atoms with Crippen molar-refractivity contribution < 1.29 is 24.3 Å². The lowest BCUT2D eigenvalue weighted by Gasteiger charge is -2.23. The van der Waals surface area contributed by atoms with Gasteiger partial charge in [-0.3, -0.25) is 4.79 Å². The number of phenols is 1. The van der Waals surface area contributed by atoms with Gasteiger partial charge in [-0.15, -0.1) is 0 Å². The van der Waals surface area contributed by atoms with Crippen LogP contribution in [0.5, 0.6) is 5.75 Å². The molecule has 0 radical (unpaired) electrons. The van der Waals surface area contributed by atoms with E-state index in [-0.39, 0.29) is 36.6 Å². The number of aromatic hydroxyl groups is 1. The van der Waals surface area contributed by atoms with Gasteiger partial charge in [-0.1, -0.05) is 47.6 Å². The fourth-order valence-electron chi connectivity index (χ4n) is 3.77. The summed E-state index contributed by atoms with van der Waals surface area (Å²) < 4.78 is 5.18. The summed E-state index contributed by atoms with van der Waals surface area (Å²) in [7, 11) is 0. The first kappa shape index (κ1) is 19.0. The second kappa shape index (κ2) is 8.34. The molecule has 2 aliphatic heterocycles. The summed E-state index contributed by atoms with van der Waals surface area (Å²) in [6.07, 6.45) is 0.640. The Hall–Kier alpha value is -3.35. The standard InChI is InChI=1S/C22H22N2O5/c25-18-8-6-16(7-9-18)19(20-10-11-29-23-20)13-21(26)24-17(14-28-22(24)27)12-15-4-2-1-3-5-15/h1-9,17,19,25H,10-14H2. The number of ether oxygens (including phenoxy) is 1. The number of benzene rings is 2. The number of carbonyl (C=O) groups excluding carboxylic acids is 2. The van der Waals surface area contributed by atoms with Crippen molar-refractivity contribution in [3.63, 3.8) is 0 Å². The minimum Gasteiger partial charge on any atom is -0.508 e. The van der Waals surface area contributed by atoms with E-state index >= 15 is 0 Å². The predicted octanol–water partition coefficient (Wildman–Crippen LogP) is 3.23. The maximum absolute atomic E-state index is 13.1. The third-order valence-corrected chi connectivity index (χ3v) is 5.25. The number of hydrogen-bond donors (Lipinski definition) is 1. The van der Waals surface area contributed by atoms with E-state index in [2.05, 4.69) is 5.16 Å². The van der Waals surface area contributed by atoms with Crippen LogP contribution < -0.4 is 0 Å². The summed E-state index contributed by atoms with van der Waals surface area (Å²) in [6, 6.07) is 16.1. The molecule has 0 spiro atoms. The van der Waals surface area contributed by atoms with Crippen molar-refractivity contribution in [1.82, 2.24) is 4.90 Å². The Morgan fingerprint density at radius 2 is 1.93 bits per heavy atom. The lowest BCUT2D eigenvalue weighted by atomic mass is 9.89. The Balaban J connectivity index is 1.54. The summed E-state index contributed by atoms with van der Waals surface area (Å²) in [4.78, 5) is 31.8. The number of phenolic OH excluding ortho intramolecular Hbond substituents is 1. The number of carbonyl (C=O) groups is 2. The predicted molar refractivity (Wildman–Crippen MR) is 106 cm³/mol. The minimum atomic E-state index is -0.606. The highest BCUT2D eigenvalue weighted by Gasteiger charge is 2.39. The molecule has 7 nitrogen and oxygen atoms in total. The van der Waals surface area contributed by atoms with Crippen LogP contribution in [0.2, 0.25) is 0 Å². The number of cyclic esters (lactones) is 1. The SMILES string of the molecule is O=C(CC(C1=NOCC1)c1ccc(O)cc1)N1C(=O)OCC1Cc1ccccc1. The Labute approximate surface area is 168 Å². The van der Waals surface area contributed by atoms with Crippen molar-refractivity contribution in [3.8, 4) is 5.75 Å². The van der Waals surface area contributed by atoms with E-state index in [0.29, 0.717) is 19.4 Å². The monoisotopic (exact) mass is 394 g/mol. The van der Waals surface area contributed by atoms with Crippen LogP contribution in [0.3, 0.4) is 0 Å². The van der Waals surface area contributed by atoms with Gasteiger partial charge in [0.05, 0.1) is 11.8 Å². The largest absolute Gasteiger partial charge is 0.508 e. The Bertz CT molecular complexity index is 911. The quantitative estimate of drug-likeness (QED) is 0.813. The van der Waals surface area contributed by atoms with E-state index in [1.54, 1.807) is 24.3 Å². The number of amides is 2. The van der Waals surface area contributed by atoms with Crippen molar-refractivity contribution >= 4 is 17.7 Å². The molecule has 0 bridgehead atoms. The lowest BCUT2D eigenvalue weighted by molar-refractivity contribution is -0.129. The molecule has 0 aliphatic carbocycles. The Morgan fingerprint density at radius 3 is 2.62 bits per heavy atom. The van der Waals surface area contributed by atoms with Gasteiger partial charge < -0.3 is 14.7 Å². The van der Waals surface area contributed by atoms with Crippen molar-refractivity contribution in [2.24, 2.45) is 5.16 Å². The number of oxime groups is 1. The molecule has 2 unspecified atom stereocenters. The molecule has 0 aromatic heterocycles. The zero-order chi connectivity index (χ0) is 20.2. The topological polar surface area (TPSA) is 88.4 Å². The molecule has 7 heteroatoms. The number of rotatable bonds is 6. The van der Waals surface area contributed by atoms with Gasteiger partial charge in [0, 0.05) is 18.8 Å². The smallest absolute Gasteiger partial charge is 0.416 e. The fourth-order valence-corrected chi connectivity index (χ4v) is 3.77. The van der Waals surface area contributed by atoms with Gasteiger partial charge in [0.15, 0.2) is 0 Å². The molecule has 2 atom stereocenters. The van der Waals surface area contributed by atoms with Crippen LogP contribution in [0, 0.1) is 0 Å². The van der Waals surface area contributed by atoms with Gasteiger partial charge >= 0.3 is 6.09 Å². The molecule has 4 rings (SSSR count). The average molecular weight is 394 g/mol. The maximum Gasteiger partial charge on any atom is 0.416 e. The van der Waals surface area contributed by atoms with Crippen LogP contribution in [0.4, 0.5) is 4.79 Å². The van der Waals surface area contributed by atoms with E-state index in [1.807, 2.05) is 30.3 Å². The van der Waals surface area contributed by atoms with Crippen molar-refractivity contribution in [1.29, 1.82) is 0 Å². The highest BCUT2D eigenvalue weighted by atomic mass is 16.6. The minimum absolute atomic E-state index is 0.0767. The van der Waals surface area contributed by atoms with Gasteiger partial charge in [-0.2, -0.15) is 0 Å². The van der Waals surface area contributed by atoms with Crippen molar-refractivity contribution in [2.45, 2.75) is 31.2 Å². The van der Waals surface area contributed by atoms with Crippen LogP contribution in [0.15, 0.2) is 59.8 Å². The zero-order valence-corrected chi connectivity index (χ0v) is 15.9. The number of hydrogen-bond acceptors (Lipinski definition) is 6. The molecular formula is C22H22N2O5. The number of imide groups is 1. The van der Waals surface area contributed by atoms with Crippen LogP contribution in [0.1, 0.15) is 29.9 Å². The Morgan fingerprint density at radius 1 is 1.17 bits per heavy atom. The molecule has 0 saturated carbocycles. The van der Waals surface area contributed by atoms with E-state index in [1.165, 1.54) is 4.90 Å². The molecule has 1 N–H and O–H groups in total. The maximum atomic E-state index is 13.1. The summed E-state index contributed by atoms with van der Waals surface area (Å²) in [6.45, 7) is 0.661. The molecule has 2 aromatic rings. The third kappa shape index (κ3) is 4.23. The van der Waals surface area contributed by atoms with Crippen LogP contribution in [0.25, 0.3) is 0 Å². The first-order valence-corrected chi connectivity index (χ1v) is 9.62. The van der Waals surface area contributed by atoms with E-state index in [0.717, 1.165) is 16.8 Å². The summed E-state index contributed by atoms with van der Waals surface area (Å²) in [5, 5.41) is 13.7. The normalized spacial score (nSPS) is 19.4. The molecule has 29 heavy (non-hydrogen) atoms. The van der Waals surface area contributed by atoms with Gasteiger partial charge in [0.2, 0.25) is 5.91 Å². The van der Waals surface area contributed by atoms with Crippen molar-refractivity contribution in [2.75, 3.05) is 13.2 Å². The molecule has 150 valence electrons. The van der Waals surface area contributed by atoms with Gasteiger partial charge in [-0.05, 0) is 29.7 Å². The first-order chi connectivity index (χ1) is 14.1. The van der Waals surface area contributed by atoms with Gasteiger partial charge in [0.1, 0.15) is 19.0 Å². The molecular weight excluding hydrogens is 372 g/mol. The third-order valence-electron chi connectivity index (χ3n) is 5.25. The first-order valence-electron chi connectivity index (χ1n) is 9.62. The fraction of sp³-hybridized carbons (Fsp3) is 0.318. The molecule has 2 heterocycles. The second-order valence-electron chi connectivity index (χ2n) is 7.20. The van der Waals surface area contributed by atoms with Crippen molar-refractivity contribution in [3.05, 3.63) is 65.7 Å². The molecule has 2 aromatic carbocycles. The average Bonchev–Trinajstić information content (AvgIpc) is 3.38. The zero-order valence-electron chi connectivity index (χ0n) is 15.9. The van der Waals surface area contributed by atoms with E-state index in [4.69, 9.17) is 9.57 Å². The lowest BCUT2D eigenvalue weighted by Crippen LogP contribution is -2.41. The highest BCUT2D eigenvalue weighted by Crippen LogP contribution is 2.29. The molecule has 1 fully saturated rings. The van der Waals surface area contributed by atoms with Gasteiger partial charge in [-0.25, -0.2) is 9.69 Å².